The van der Waals surface area contributed by atoms with Crippen molar-refractivity contribution in [3.63, 3.8) is 0 Å². The minimum atomic E-state index is -0.957. The van der Waals surface area contributed by atoms with Crippen molar-refractivity contribution < 1.29 is 14.6 Å². The van der Waals surface area contributed by atoms with Gasteiger partial charge >= 0.3 is 6.09 Å². The molecule has 142 valence electrons. The fourth-order valence-electron chi connectivity index (χ4n) is 2.20. The second-order valence-electron chi connectivity index (χ2n) is 7.52. The monoisotopic (exact) mass is 387 g/mol. The fraction of sp³-hybridized carbons (Fsp3) is 0.389. The standard InChI is InChI=1S/C18H21N5O3S/c1-17(2,3)26-16(24)23-15-22-13-14(27-15)21-12(9-20-13)11-7-6-10(8-19-11)18(4,5)25/h6-9,25H,1-5H3,(H,20,22,23,24). The Morgan fingerprint density at radius 3 is 2.41 bits per heavy atom. The quantitative estimate of drug-likeness (QED) is 0.704. The molecule has 0 saturated carbocycles. The summed E-state index contributed by atoms with van der Waals surface area (Å²) in [6.45, 7) is 8.77. The highest BCUT2D eigenvalue weighted by Crippen LogP contribution is 2.26. The third-order valence-electron chi connectivity index (χ3n) is 3.46. The van der Waals surface area contributed by atoms with E-state index in [0.29, 0.717) is 32.6 Å². The first-order valence-electron chi connectivity index (χ1n) is 8.34. The van der Waals surface area contributed by atoms with Crippen LogP contribution in [0.5, 0.6) is 0 Å². The number of hydrogen-bond donors (Lipinski definition) is 2. The van der Waals surface area contributed by atoms with Gasteiger partial charge < -0.3 is 9.84 Å². The number of anilines is 1. The van der Waals surface area contributed by atoms with Crippen LogP contribution in [0.1, 0.15) is 40.2 Å². The molecular weight excluding hydrogens is 366 g/mol. The molecule has 2 N–H and O–H groups in total. The van der Waals surface area contributed by atoms with Crippen molar-refractivity contribution in [1.82, 2.24) is 19.9 Å². The SMILES string of the molecule is CC(C)(C)OC(=O)Nc1nc2ncc(-c3ccc(C(C)(C)O)cn3)nc2s1. The highest BCUT2D eigenvalue weighted by atomic mass is 32.1. The summed E-state index contributed by atoms with van der Waals surface area (Å²) in [5.41, 5.74) is 0.807. The molecule has 0 unspecified atom stereocenters. The number of carbonyl (C=O) groups is 1. The minimum Gasteiger partial charge on any atom is -0.444 e. The number of nitrogens with zero attached hydrogens (tertiary/aromatic N) is 4. The molecule has 0 aliphatic heterocycles. The molecule has 0 aromatic carbocycles. The van der Waals surface area contributed by atoms with Crippen molar-refractivity contribution in [1.29, 1.82) is 0 Å². The Morgan fingerprint density at radius 1 is 1.07 bits per heavy atom. The van der Waals surface area contributed by atoms with Gasteiger partial charge in [-0.25, -0.2) is 14.8 Å². The molecule has 3 aromatic rings. The second-order valence-corrected chi connectivity index (χ2v) is 8.50. The van der Waals surface area contributed by atoms with Gasteiger partial charge in [0.05, 0.1) is 17.5 Å². The number of pyridine rings is 1. The second kappa shape index (κ2) is 6.82. The number of aromatic nitrogens is 4. The van der Waals surface area contributed by atoms with Crippen LogP contribution >= 0.6 is 11.3 Å². The predicted molar refractivity (Wildman–Crippen MR) is 104 cm³/mol. The van der Waals surface area contributed by atoms with E-state index in [1.165, 1.54) is 11.3 Å². The molecule has 27 heavy (non-hydrogen) atoms. The summed E-state index contributed by atoms with van der Waals surface area (Å²) in [6, 6.07) is 3.58. The lowest BCUT2D eigenvalue weighted by molar-refractivity contribution is 0.0635. The maximum atomic E-state index is 11.9. The number of aliphatic hydroxyl groups is 1. The van der Waals surface area contributed by atoms with E-state index >= 15 is 0 Å². The smallest absolute Gasteiger partial charge is 0.413 e. The van der Waals surface area contributed by atoms with Gasteiger partial charge in [0.1, 0.15) is 11.3 Å². The zero-order valence-corrected chi connectivity index (χ0v) is 16.6. The lowest BCUT2D eigenvalue weighted by atomic mass is 10.0. The highest BCUT2D eigenvalue weighted by Gasteiger charge is 2.19. The summed E-state index contributed by atoms with van der Waals surface area (Å²) < 4.78 is 5.21. The van der Waals surface area contributed by atoms with Gasteiger partial charge in [0.2, 0.25) is 0 Å². The van der Waals surface area contributed by atoms with Crippen LogP contribution in [0.25, 0.3) is 21.9 Å². The summed E-state index contributed by atoms with van der Waals surface area (Å²) in [6.07, 6.45) is 2.61. The van der Waals surface area contributed by atoms with E-state index in [2.05, 4.69) is 25.3 Å². The molecule has 0 spiro atoms. The fourth-order valence-corrected chi connectivity index (χ4v) is 2.98. The van der Waals surface area contributed by atoms with E-state index in [9.17, 15) is 9.90 Å². The van der Waals surface area contributed by atoms with Gasteiger partial charge in [-0.1, -0.05) is 17.4 Å². The van der Waals surface area contributed by atoms with Gasteiger partial charge in [0, 0.05) is 11.8 Å². The molecule has 0 aliphatic carbocycles. The van der Waals surface area contributed by atoms with Crippen LogP contribution in [0.15, 0.2) is 24.5 Å². The van der Waals surface area contributed by atoms with Gasteiger partial charge in [-0.3, -0.25) is 10.3 Å². The van der Waals surface area contributed by atoms with Gasteiger partial charge in [-0.2, -0.15) is 4.98 Å². The maximum Gasteiger partial charge on any atom is 0.413 e. The molecule has 9 heteroatoms. The molecule has 0 aliphatic rings. The van der Waals surface area contributed by atoms with Gasteiger partial charge in [-0.05, 0) is 40.7 Å². The molecule has 0 radical (unpaired) electrons. The van der Waals surface area contributed by atoms with E-state index in [0.717, 1.165) is 0 Å². The maximum absolute atomic E-state index is 11.9. The highest BCUT2D eigenvalue weighted by molar-refractivity contribution is 7.21. The lowest BCUT2D eigenvalue weighted by Crippen LogP contribution is -2.27. The first-order valence-corrected chi connectivity index (χ1v) is 9.16. The predicted octanol–water partition coefficient (Wildman–Crippen LogP) is 3.72. The molecule has 8 nitrogen and oxygen atoms in total. The van der Waals surface area contributed by atoms with E-state index in [4.69, 9.17) is 4.74 Å². The summed E-state index contributed by atoms with van der Waals surface area (Å²) >= 11 is 1.20. The number of nitrogens with one attached hydrogen (secondary N) is 1. The van der Waals surface area contributed by atoms with E-state index < -0.39 is 17.3 Å². The molecule has 0 bridgehead atoms. The van der Waals surface area contributed by atoms with Gasteiger partial charge in [0.25, 0.3) is 0 Å². The van der Waals surface area contributed by atoms with Gasteiger partial charge in [0.15, 0.2) is 15.6 Å². The molecule has 3 rings (SSSR count). The number of ether oxygens (including phenoxy) is 1. The summed E-state index contributed by atoms with van der Waals surface area (Å²) in [4.78, 5) is 29.8. The van der Waals surface area contributed by atoms with Crippen LogP contribution in [0.4, 0.5) is 9.93 Å². The molecular formula is C18H21N5O3S. The Labute approximate surface area is 160 Å². The summed E-state index contributed by atoms with van der Waals surface area (Å²) in [5, 5.41) is 13.0. The lowest BCUT2D eigenvalue weighted by Gasteiger charge is -2.18. The van der Waals surface area contributed by atoms with E-state index in [1.807, 2.05) is 0 Å². The first kappa shape index (κ1) is 19.1. The van der Waals surface area contributed by atoms with Crippen LogP contribution in [0, 0.1) is 0 Å². The Bertz CT molecular complexity index is 971. The summed E-state index contributed by atoms with van der Waals surface area (Å²) in [7, 11) is 0. The number of rotatable bonds is 3. The first-order chi connectivity index (χ1) is 12.5. The van der Waals surface area contributed by atoms with Crippen LogP contribution < -0.4 is 5.32 Å². The number of hydrogen-bond acceptors (Lipinski definition) is 8. The van der Waals surface area contributed by atoms with E-state index in [-0.39, 0.29) is 0 Å². The van der Waals surface area contributed by atoms with Gasteiger partial charge in [-0.15, -0.1) is 0 Å². The van der Waals surface area contributed by atoms with Crippen molar-refractivity contribution in [2.24, 2.45) is 0 Å². The number of amides is 1. The Morgan fingerprint density at radius 2 is 1.81 bits per heavy atom. The third kappa shape index (κ3) is 4.75. The Balaban J connectivity index is 1.82. The molecule has 0 saturated heterocycles. The van der Waals surface area contributed by atoms with Crippen molar-refractivity contribution in [3.05, 3.63) is 30.1 Å². The van der Waals surface area contributed by atoms with Crippen LogP contribution in [0.2, 0.25) is 0 Å². The Kier molecular flexibility index (Phi) is 4.83. The van der Waals surface area contributed by atoms with Crippen molar-refractivity contribution in [2.45, 2.75) is 45.8 Å². The number of thiazole rings is 1. The normalized spacial score (nSPS) is 12.2. The topological polar surface area (TPSA) is 110 Å². The summed E-state index contributed by atoms with van der Waals surface area (Å²) in [5.74, 6) is 0. The van der Waals surface area contributed by atoms with E-state index in [1.54, 1.807) is 59.1 Å². The largest absolute Gasteiger partial charge is 0.444 e. The molecule has 3 heterocycles. The zero-order valence-electron chi connectivity index (χ0n) is 15.8. The van der Waals surface area contributed by atoms with Crippen LogP contribution in [-0.4, -0.2) is 36.7 Å². The minimum absolute atomic E-state index is 0.363. The Hall–Kier alpha value is -2.65. The van der Waals surface area contributed by atoms with Crippen LogP contribution in [-0.2, 0) is 10.3 Å². The van der Waals surface area contributed by atoms with Crippen molar-refractivity contribution in [2.75, 3.05) is 5.32 Å². The number of carbonyl (C=O) groups excluding carboxylic acids is 1. The third-order valence-corrected chi connectivity index (χ3v) is 4.32. The van der Waals surface area contributed by atoms with Crippen LogP contribution in [0.3, 0.4) is 0 Å². The molecule has 0 fully saturated rings. The molecule has 0 atom stereocenters. The zero-order chi connectivity index (χ0) is 19.8. The van der Waals surface area contributed by atoms with Crippen molar-refractivity contribution >= 4 is 33.0 Å². The number of fused-ring (bicyclic) bond motifs is 1. The average molecular weight is 387 g/mol. The average Bonchev–Trinajstić information content (AvgIpc) is 2.93. The molecule has 3 aromatic heterocycles. The van der Waals surface area contributed by atoms with Crippen molar-refractivity contribution in [3.8, 4) is 11.4 Å². The molecule has 1 amide bonds.